The summed E-state index contributed by atoms with van der Waals surface area (Å²) in [4.78, 5) is 28.8. The van der Waals surface area contributed by atoms with Crippen molar-refractivity contribution >= 4 is 11.8 Å². The van der Waals surface area contributed by atoms with Gasteiger partial charge in [-0.25, -0.2) is 4.98 Å². The molecule has 25 heavy (non-hydrogen) atoms. The third-order valence-corrected chi connectivity index (χ3v) is 4.41. The molecule has 3 rings (SSSR count). The number of amides is 2. The van der Waals surface area contributed by atoms with E-state index >= 15 is 0 Å². The Kier molecular flexibility index (Phi) is 5.82. The molecule has 2 aromatic rings. The molecule has 2 amide bonds. The zero-order valence-electron chi connectivity index (χ0n) is 14.2. The van der Waals surface area contributed by atoms with Gasteiger partial charge >= 0.3 is 0 Å². The Bertz CT molecular complexity index is 704. The van der Waals surface area contributed by atoms with Crippen LogP contribution in [-0.2, 0) is 6.54 Å². The van der Waals surface area contributed by atoms with Gasteiger partial charge in [0.25, 0.3) is 11.8 Å². The third-order valence-electron chi connectivity index (χ3n) is 4.41. The minimum Gasteiger partial charge on any atom is -0.467 e. The lowest BCUT2D eigenvalue weighted by molar-refractivity contribution is 0.0927. The smallest absolute Gasteiger partial charge is 0.270 e. The lowest BCUT2D eigenvalue weighted by atomic mass is 10.1. The molecule has 0 aliphatic heterocycles. The topological polar surface area (TPSA) is 84.2 Å². The molecule has 1 aliphatic rings. The number of carbonyl (C=O) groups is 2. The van der Waals surface area contributed by atoms with Crippen LogP contribution in [-0.4, -0.2) is 22.8 Å². The summed E-state index contributed by atoms with van der Waals surface area (Å²) in [7, 11) is 0. The molecule has 0 saturated heterocycles. The number of nitrogens with one attached hydrogen (secondary N) is 2. The number of pyridine rings is 1. The molecule has 0 unspecified atom stereocenters. The average Bonchev–Trinajstić information content (AvgIpc) is 3.03. The number of nitrogens with zero attached hydrogens (tertiary/aromatic N) is 1. The first-order chi connectivity index (χ1) is 12.2. The molecule has 0 bridgehead atoms. The van der Waals surface area contributed by atoms with Crippen LogP contribution >= 0.6 is 0 Å². The van der Waals surface area contributed by atoms with Gasteiger partial charge in [0.2, 0.25) is 0 Å². The van der Waals surface area contributed by atoms with E-state index in [-0.39, 0.29) is 35.8 Å². The van der Waals surface area contributed by atoms with Crippen LogP contribution in [0, 0.1) is 0 Å². The zero-order valence-corrected chi connectivity index (χ0v) is 14.2. The second-order valence-corrected chi connectivity index (χ2v) is 6.33. The van der Waals surface area contributed by atoms with Crippen LogP contribution in [0.25, 0.3) is 0 Å². The maximum absolute atomic E-state index is 12.4. The first-order valence-corrected chi connectivity index (χ1v) is 8.81. The SMILES string of the molecule is O=C(NCc1ccco1)c1cccc(C(=O)NC2CCCCCC2)n1. The zero-order chi connectivity index (χ0) is 17.5. The molecule has 6 nitrogen and oxygen atoms in total. The second kappa shape index (κ2) is 8.46. The van der Waals surface area contributed by atoms with E-state index in [0.717, 1.165) is 25.7 Å². The Morgan fingerprint density at radius 1 is 1.00 bits per heavy atom. The Labute approximate surface area is 147 Å². The van der Waals surface area contributed by atoms with E-state index in [1.54, 1.807) is 36.6 Å². The fraction of sp³-hybridized carbons (Fsp3) is 0.421. The Balaban J connectivity index is 1.59. The summed E-state index contributed by atoms with van der Waals surface area (Å²) < 4.78 is 5.18. The molecule has 132 valence electrons. The van der Waals surface area contributed by atoms with Crippen molar-refractivity contribution in [2.24, 2.45) is 0 Å². The first kappa shape index (κ1) is 17.2. The number of hydrogen-bond acceptors (Lipinski definition) is 4. The molecule has 1 aliphatic carbocycles. The lowest BCUT2D eigenvalue weighted by Gasteiger charge is -2.16. The largest absolute Gasteiger partial charge is 0.467 e. The normalized spacial score (nSPS) is 15.4. The van der Waals surface area contributed by atoms with Crippen LogP contribution in [0.4, 0.5) is 0 Å². The van der Waals surface area contributed by atoms with Gasteiger partial charge in [0.15, 0.2) is 0 Å². The first-order valence-electron chi connectivity index (χ1n) is 8.81. The van der Waals surface area contributed by atoms with E-state index in [0.29, 0.717) is 5.76 Å². The lowest BCUT2D eigenvalue weighted by Crippen LogP contribution is -2.35. The molecular formula is C19H23N3O3. The molecule has 0 aromatic carbocycles. The van der Waals surface area contributed by atoms with E-state index < -0.39 is 0 Å². The van der Waals surface area contributed by atoms with Crippen molar-refractivity contribution in [3.05, 3.63) is 53.7 Å². The molecule has 0 radical (unpaired) electrons. The van der Waals surface area contributed by atoms with Crippen LogP contribution in [0.1, 0.15) is 65.3 Å². The van der Waals surface area contributed by atoms with Gasteiger partial charge in [-0.1, -0.05) is 31.7 Å². The number of furan rings is 1. The minimum atomic E-state index is -0.333. The van der Waals surface area contributed by atoms with Gasteiger partial charge in [-0.2, -0.15) is 0 Å². The maximum atomic E-state index is 12.4. The summed E-state index contributed by atoms with van der Waals surface area (Å²) >= 11 is 0. The molecule has 6 heteroatoms. The van der Waals surface area contributed by atoms with E-state index in [4.69, 9.17) is 4.42 Å². The number of aromatic nitrogens is 1. The molecule has 1 saturated carbocycles. The highest BCUT2D eigenvalue weighted by molar-refractivity contribution is 5.96. The van der Waals surface area contributed by atoms with Crippen molar-refractivity contribution in [3.63, 3.8) is 0 Å². The predicted octanol–water partition coefficient (Wildman–Crippen LogP) is 3.06. The summed E-state index contributed by atoms with van der Waals surface area (Å²) in [6.07, 6.45) is 8.33. The van der Waals surface area contributed by atoms with Crippen molar-refractivity contribution in [2.45, 2.75) is 51.1 Å². The fourth-order valence-electron chi connectivity index (χ4n) is 3.04. The molecule has 0 atom stereocenters. The van der Waals surface area contributed by atoms with Crippen molar-refractivity contribution in [1.82, 2.24) is 15.6 Å². The fourth-order valence-corrected chi connectivity index (χ4v) is 3.04. The van der Waals surface area contributed by atoms with Gasteiger partial charge in [-0.05, 0) is 37.1 Å². The van der Waals surface area contributed by atoms with Gasteiger partial charge in [0.05, 0.1) is 12.8 Å². The highest BCUT2D eigenvalue weighted by Gasteiger charge is 2.17. The van der Waals surface area contributed by atoms with Crippen LogP contribution in [0.5, 0.6) is 0 Å². The van der Waals surface area contributed by atoms with Crippen molar-refractivity contribution in [2.75, 3.05) is 0 Å². The Morgan fingerprint density at radius 2 is 1.72 bits per heavy atom. The Hall–Kier alpha value is -2.63. The summed E-state index contributed by atoms with van der Waals surface area (Å²) in [6, 6.07) is 8.66. The van der Waals surface area contributed by atoms with Crippen LogP contribution in [0.15, 0.2) is 41.0 Å². The number of carbonyl (C=O) groups excluding carboxylic acids is 2. The second-order valence-electron chi connectivity index (χ2n) is 6.33. The van der Waals surface area contributed by atoms with Crippen molar-refractivity contribution < 1.29 is 14.0 Å². The highest BCUT2D eigenvalue weighted by Crippen LogP contribution is 2.17. The van der Waals surface area contributed by atoms with Gasteiger partial charge in [0.1, 0.15) is 17.1 Å². The van der Waals surface area contributed by atoms with E-state index in [9.17, 15) is 9.59 Å². The van der Waals surface area contributed by atoms with E-state index in [1.165, 1.54) is 12.8 Å². The number of rotatable bonds is 5. The minimum absolute atomic E-state index is 0.202. The van der Waals surface area contributed by atoms with Gasteiger partial charge in [-0.3, -0.25) is 9.59 Å². The highest BCUT2D eigenvalue weighted by atomic mass is 16.3. The maximum Gasteiger partial charge on any atom is 0.270 e. The third kappa shape index (κ3) is 4.92. The molecular weight excluding hydrogens is 318 g/mol. The number of hydrogen-bond donors (Lipinski definition) is 2. The summed E-state index contributed by atoms with van der Waals surface area (Å²) in [5.41, 5.74) is 0.495. The molecule has 2 aromatic heterocycles. The Morgan fingerprint density at radius 3 is 2.40 bits per heavy atom. The van der Waals surface area contributed by atoms with Gasteiger partial charge < -0.3 is 15.1 Å². The standard InChI is InChI=1S/C19H23N3O3/c23-18(20-13-15-9-6-12-25-15)16-10-5-11-17(22-16)19(24)21-14-7-3-1-2-4-8-14/h5-6,9-12,14H,1-4,7-8,13H2,(H,20,23)(H,21,24). The van der Waals surface area contributed by atoms with Crippen molar-refractivity contribution in [1.29, 1.82) is 0 Å². The van der Waals surface area contributed by atoms with Gasteiger partial charge in [-0.15, -0.1) is 0 Å². The van der Waals surface area contributed by atoms with Crippen LogP contribution in [0.2, 0.25) is 0 Å². The molecule has 0 spiro atoms. The predicted molar refractivity (Wildman–Crippen MR) is 93.1 cm³/mol. The van der Waals surface area contributed by atoms with Crippen LogP contribution < -0.4 is 10.6 Å². The van der Waals surface area contributed by atoms with E-state index in [1.807, 2.05) is 0 Å². The summed E-state index contributed by atoms with van der Waals surface area (Å²) in [5, 5.41) is 5.78. The molecule has 2 heterocycles. The molecule has 1 fully saturated rings. The average molecular weight is 341 g/mol. The molecule has 2 N–H and O–H groups in total. The summed E-state index contributed by atoms with van der Waals surface area (Å²) in [5.74, 6) is 0.115. The summed E-state index contributed by atoms with van der Waals surface area (Å²) in [6.45, 7) is 0.284. The van der Waals surface area contributed by atoms with Crippen molar-refractivity contribution in [3.8, 4) is 0 Å². The quantitative estimate of drug-likeness (QED) is 0.819. The monoisotopic (exact) mass is 341 g/mol. The van der Waals surface area contributed by atoms with E-state index in [2.05, 4.69) is 15.6 Å². The van der Waals surface area contributed by atoms with Gasteiger partial charge in [0, 0.05) is 6.04 Å². The van der Waals surface area contributed by atoms with Crippen LogP contribution in [0.3, 0.4) is 0 Å².